The first-order valence-corrected chi connectivity index (χ1v) is 9.99. The lowest BCUT2D eigenvalue weighted by Gasteiger charge is -2.22. The highest BCUT2D eigenvalue weighted by Crippen LogP contribution is 2.13. The molecular weight excluding hydrogens is 356 g/mol. The summed E-state index contributed by atoms with van der Waals surface area (Å²) >= 11 is 0. The Kier molecular flexibility index (Phi) is 7.26. The first-order chi connectivity index (χ1) is 12.3. The van der Waals surface area contributed by atoms with Crippen molar-refractivity contribution in [3.8, 4) is 0 Å². The molecule has 0 heterocycles. The van der Waals surface area contributed by atoms with E-state index in [2.05, 4.69) is 4.90 Å². The molecule has 0 saturated carbocycles. The summed E-state index contributed by atoms with van der Waals surface area (Å²) in [6.45, 7) is 1.90. The molecule has 0 amide bonds. The second-order valence-electron chi connectivity index (χ2n) is 5.96. The van der Waals surface area contributed by atoms with Crippen molar-refractivity contribution in [1.82, 2.24) is 4.90 Å². The van der Waals surface area contributed by atoms with Crippen molar-refractivity contribution < 1.29 is 17.5 Å². The average molecular weight is 378 g/mol. The molecule has 2 aromatic rings. The molecular formula is C18H22N2O5S. The fourth-order valence-corrected chi connectivity index (χ4v) is 2.88. The van der Waals surface area contributed by atoms with Crippen molar-refractivity contribution in [2.24, 2.45) is 0 Å². The van der Waals surface area contributed by atoms with Crippen LogP contribution in [0.3, 0.4) is 0 Å². The van der Waals surface area contributed by atoms with Crippen LogP contribution in [0, 0.1) is 10.1 Å². The number of hydrogen-bond donors (Lipinski definition) is 0. The zero-order valence-electron chi connectivity index (χ0n) is 14.6. The Hall–Kier alpha value is -2.29. The molecule has 0 aliphatic rings. The van der Waals surface area contributed by atoms with Crippen LogP contribution in [-0.4, -0.2) is 44.2 Å². The zero-order valence-corrected chi connectivity index (χ0v) is 15.4. The molecule has 0 unspecified atom stereocenters. The average Bonchev–Trinajstić information content (AvgIpc) is 2.59. The molecule has 2 rings (SSSR count). The van der Waals surface area contributed by atoms with Gasteiger partial charge in [-0.15, -0.1) is 0 Å². The molecule has 0 N–H and O–H groups in total. The molecule has 0 atom stereocenters. The van der Waals surface area contributed by atoms with Crippen molar-refractivity contribution in [1.29, 1.82) is 0 Å². The van der Waals surface area contributed by atoms with Crippen molar-refractivity contribution in [2.75, 3.05) is 26.0 Å². The largest absolute Gasteiger partial charge is 0.296 e. The standard InChI is InChI=1S/C18H22N2O5S/c1-26(23,24)25-14-13-19(15-17-5-3-2-4-6-17)12-11-16-7-9-18(10-8-16)20(21)22/h2-10H,11-15H2,1H3. The summed E-state index contributed by atoms with van der Waals surface area (Å²) in [5, 5.41) is 10.7. The van der Waals surface area contributed by atoms with Gasteiger partial charge in [-0.1, -0.05) is 42.5 Å². The van der Waals surface area contributed by atoms with Crippen LogP contribution in [0.15, 0.2) is 54.6 Å². The number of nitro benzene ring substituents is 1. The summed E-state index contributed by atoms with van der Waals surface area (Å²) in [5.41, 5.74) is 2.17. The van der Waals surface area contributed by atoms with Crippen LogP contribution in [0.25, 0.3) is 0 Å². The predicted octanol–water partition coefficient (Wildman–Crippen LogP) is 2.62. The Morgan fingerprint density at radius 2 is 1.65 bits per heavy atom. The maximum Gasteiger partial charge on any atom is 0.269 e. The van der Waals surface area contributed by atoms with Crippen LogP contribution < -0.4 is 0 Å². The van der Waals surface area contributed by atoms with Gasteiger partial charge in [0, 0.05) is 31.8 Å². The lowest BCUT2D eigenvalue weighted by atomic mass is 10.1. The molecule has 0 aliphatic heterocycles. The van der Waals surface area contributed by atoms with E-state index < -0.39 is 15.0 Å². The molecule has 0 saturated heterocycles. The minimum absolute atomic E-state index is 0.0662. The smallest absolute Gasteiger partial charge is 0.269 e. The molecule has 0 spiro atoms. The number of non-ortho nitro benzene ring substituents is 1. The van der Waals surface area contributed by atoms with E-state index >= 15 is 0 Å². The molecule has 140 valence electrons. The molecule has 26 heavy (non-hydrogen) atoms. The monoisotopic (exact) mass is 378 g/mol. The van der Waals surface area contributed by atoms with E-state index in [1.165, 1.54) is 12.1 Å². The van der Waals surface area contributed by atoms with Gasteiger partial charge >= 0.3 is 0 Å². The molecule has 0 bridgehead atoms. The van der Waals surface area contributed by atoms with E-state index in [4.69, 9.17) is 4.18 Å². The molecule has 8 heteroatoms. The fourth-order valence-electron chi connectivity index (χ4n) is 2.50. The highest BCUT2D eigenvalue weighted by atomic mass is 32.2. The van der Waals surface area contributed by atoms with E-state index in [9.17, 15) is 18.5 Å². The third kappa shape index (κ3) is 7.30. The third-order valence-corrected chi connectivity index (χ3v) is 4.41. The minimum atomic E-state index is -3.46. The van der Waals surface area contributed by atoms with Gasteiger partial charge in [-0.05, 0) is 17.5 Å². The van der Waals surface area contributed by atoms with Crippen molar-refractivity contribution in [3.05, 3.63) is 75.8 Å². The van der Waals surface area contributed by atoms with Crippen LogP contribution in [0.1, 0.15) is 11.1 Å². The Bertz CT molecular complexity index is 807. The number of nitro groups is 1. The van der Waals surface area contributed by atoms with Crippen LogP contribution in [0.4, 0.5) is 5.69 Å². The maximum atomic E-state index is 11.1. The number of nitrogens with zero attached hydrogens (tertiary/aromatic N) is 2. The SMILES string of the molecule is CS(=O)(=O)OCCN(CCc1ccc([N+](=O)[O-])cc1)Cc1ccccc1. The summed E-state index contributed by atoms with van der Waals surface area (Å²) in [6.07, 6.45) is 1.73. The van der Waals surface area contributed by atoms with Crippen LogP contribution in [0.5, 0.6) is 0 Å². The Morgan fingerprint density at radius 3 is 2.23 bits per heavy atom. The van der Waals surface area contributed by atoms with Gasteiger partial charge in [0.25, 0.3) is 15.8 Å². The van der Waals surface area contributed by atoms with E-state index in [1.807, 2.05) is 30.3 Å². The minimum Gasteiger partial charge on any atom is -0.296 e. The van der Waals surface area contributed by atoms with Crippen molar-refractivity contribution >= 4 is 15.8 Å². The number of rotatable bonds is 10. The molecule has 2 aromatic carbocycles. The molecule has 0 fully saturated rings. The first-order valence-electron chi connectivity index (χ1n) is 8.17. The summed E-state index contributed by atoms with van der Waals surface area (Å²) in [7, 11) is -3.46. The molecule has 7 nitrogen and oxygen atoms in total. The molecule has 0 radical (unpaired) electrons. The summed E-state index contributed by atoms with van der Waals surface area (Å²) < 4.78 is 27.1. The van der Waals surface area contributed by atoms with Gasteiger partial charge in [0.15, 0.2) is 0 Å². The van der Waals surface area contributed by atoms with Crippen LogP contribution >= 0.6 is 0 Å². The van der Waals surface area contributed by atoms with Gasteiger partial charge in [0.05, 0.1) is 17.8 Å². The second-order valence-corrected chi connectivity index (χ2v) is 7.61. The fraction of sp³-hybridized carbons (Fsp3) is 0.333. The van der Waals surface area contributed by atoms with E-state index in [-0.39, 0.29) is 12.3 Å². The van der Waals surface area contributed by atoms with Gasteiger partial charge in [-0.2, -0.15) is 8.42 Å². The molecule has 0 aliphatic carbocycles. The van der Waals surface area contributed by atoms with Gasteiger partial charge in [-0.3, -0.25) is 19.2 Å². The Balaban J connectivity index is 1.96. The summed E-state index contributed by atoms with van der Waals surface area (Å²) in [5.74, 6) is 0. The molecule has 0 aromatic heterocycles. The van der Waals surface area contributed by atoms with Crippen LogP contribution in [-0.2, 0) is 27.3 Å². The third-order valence-electron chi connectivity index (χ3n) is 3.82. The maximum absolute atomic E-state index is 11.1. The summed E-state index contributed by atoms with van der Waals surface area (Å²) in [4.78, 5) is 12.4. The first kappa shape index (κ1) is 20.0. The Morgan fingerprint density at radius 1 is 1.00 bits per heavy atom. The van der Waals surface area contributed by atoms with Crippen molar-refractivity contribution in [3.63, 3.8) is 0 Å². The van der Waals surface area contributed by atoms with Gasteiger partial charge in [-0.25, -0.2) is 0 Å². The normalized spacial score (nSPS) is 11.6. The lowest BCUT2D eigenvalue weighted by Crippen LogP contribution is -2.30. The zero-order chi connectivity index (χ0) is 19.0. The lowest BCUT2D eigenvalue weighted by molar-refractivity contribution is -0.384. The Labute approximate surface area is 153 Å². The quantitative estimate of drug-likeness (QED) is 0.359. The number of hydrogen-bond acceptors (Lipinski definition) is 6. The topological polar surface area (TPSA) is 89.8 Å². The summed E-state index contributed by atoms with van der Waals surface area (Å²) in [6, 6.07) is 16.3. The second kappa shape index (κ2) is 9.42. The highest BCUT2D eigenvalue weighted by molar-refractivity contribution is 7.85. The van der Waals surface area contributed by atoms with E-state index in [0.29, 0.717) is 26.1 Å². The van der Waals surface area contributed by atoms with Crippen LogP contribution in [0.2, 0.25) is 0 Å². The highest BCUT2D eigenvalue weighted by Gasteiger charge is 2.10. The van der Waals surface area contributed by atoms with E-state index in [1.54, 1.807) is 12.1 Å². The van der Waals surface area contributed by atoms with Gasteiger partial charge in [0.2, 0.25) is 0 Å². The number of benzene rings is 2. The van der Waals surface area contributed by atoms with E-state index in [0.717, 1.165) is 17.4 Å². The predicted molar refractivity (Wildman–Crippen MR) is 99.3 cm³/mol. The van der Waals surface area contributed by atoms with Gasteiger partial charge in [0.1, 0.15) is 0 Å². The van der Waals surface area contributed by atoms with Gasteiger partial charge < -0.3 is 0 Å². The van der Waals surface area contributed by atoms with Crippen molar-refractivity contribution in [2.45, 2.75) is 13.0 Å².